The second-order valence-electron chi connectivity index (χ2n) is 12.4. The molecular weight excluding hydrogens is 453 g/mol. The van der Waals surface area contributed by atoms with Crippen LogP contribution in [0.1, 0.15) is 52.4 Å². The molecule has 4 bridgehead atoms. The third-order valence-corrected chi connectivity index (χ3v) is 8.54. The van der Waals surface area contributed by atoms with Gasteiger partial charge in [0.2, 0.25) is 5.95 Å². The molecule has 0 saturated heterocycles. The lowest BCUT2D eigenvalue weighted by Crippen LogP contribution is -2.67. The van der Waals surface area contributed by atoms with Crippen molar-refractivity contribution >= 4 is 11.6 Å². The Morgan fingerprint density at radius 1 is 0.861 bits per heavy atom. The van der Waals surface area contributed by atoms with Crippen LogP contribution in [0.2, 0.25) is 0 Å². The van der Waals surface area contributed by atoms with E-state index in [-0.39, 0.29) is 22.1 Å². The van der Waals surface area contributed by atoms with E-state index in [1.807, 2.05) is 53.1 Å². The van der Waals surface area contributed by atoms with Crippen LogP contribution in [-0.2, 0) is 0 Å². The van der Waals surface area contributed by atoms with Crippen LogP contribution in [0.25, 0.3) is 28.2 Å². The summed E-state index contributed by atoms with van der Waals surface area (Å²) >= 11 is 0. The van der Waals surface area contributed by atoms with Gasteiger partial charge in [0.25, 0.3) is 0 Å². The van der Waals surface area contributed by atoms with Gasteiger partial charge in [-0.2, -0.15) is 0 Å². The van der Waals surface area contributed by atoms with Gasteiger partial charge in [-0.05, 0) is 72.6 Å². The number of hydrogen-bond donors (Lipinski definition) is 2. The number of nitrogens with one attached hydrogen (secondary N) is 1. The van der Waals surface area contributed by atoms with Crippen molar-refractivity contribution in [3.63, 3.8) is 0 Å². The zero-order chi connectivity index (χ0) is 24.8. The average molecular weight is 484 g/mol. The Morgan fingerprint density at radius 3 is 2.33 bits per heavy atom. The number of nitrogens with zero attached hydrogens (tertiary/aromatic N) is 4. The summed E-state index contributed by atoms with van der Waals surface area (Å²) in [6, 6.07) is 14.0. The number of benzene rings is 1. The molecule has 0 radical (unpaired) electrons. The van der Waals surface area contributed by atoms with E-state index < -0.39 is 11.4 Å². The summed E-state index contributed by atoms with van der Waals surface area (Å²) in [5.74, 6) is -0.0890. The highest BCUT2D eigenvalue weighted by Gasteiger charge is 2.65. The molecule has 36 heavy (non-hydrogen) atoms. The highest BCUT2D eigenvalue weighted by molar-refractivity contribution is 5.68. The molecule has 6 nitrogen and oxygen atoms in total. The minimum absolute atomic E-state index is 0.0869. The minimum Gasteiger partial charge on any atom is -0.390 e. The summed E-state index contributed by atoms with van der Waals surface area (Å²) in [7, 11) is 0. The molecule has 3 heterocycles. The Labute approximate surface area is 209 Å². The lowest BCUT2D eigenvalue weighted by molar-refractivity contribution is -0.192. The second-order valence-corrected chi connectivity index (χ2v) is 12.4. The third kappa shape index (κ3) is 3.44. The highest BCUT2D eigenvalue weighted by Crippen LogP contribution is 2.68. The predicted octanol–water partition coefficient (Wildman–Crippen LogP) is 5.87. The Kier molecular flexibility index (Phi) is 4.34. The van der Waals surface area contributed by atoms with Gasteiger partial charge in [0, 0.05) is 11.7 Å². The van der Waals surface area contributed by atoms with Crippen molar-refractivity contribution in [2.24, 2.45) is 10.8 Å². The molecule has 0 unspecified atom stereocenters. The fraction of sp³-hybridized carbons (Fsp3) is 0.414. The quantitative estimate of drug-likeness (QED) is 0.380. The van der Waals surface area contributed by atoms with Crippen LogP contribution in [0.3, 0.4) is 0 Å². The predicted molar refractivity (Wildman–Crippen MR) is 137 cm³/mol. The molecule has 8 rings (SSSR count). The lowest BCUT2D eigenvalue weighted by Gasteiger charge is -2.68. The van der Waals surface area contributed by atoms with Crippen molar-refractivity contribution in [1.82, 2.24) is 19.4 Å². The van der Waals surface area contributed by atoms with Gasteiger partial charge in [0.15, 0.2) is 5.82 Å². The largest absolute Gasteiger partial charge is 0.390 e. The smallest absolute Gasteiger partial charge is 0.223 e. The maximum absolute atomic E-state index is 15.1. The Morgan fingerprint density at radius 2 is 1.61 bits per heavy atom. The molecule has 184 valence electrons. The zero-order valence-electron chi connectivity index (χ0n) is 20.6. The molecule has 1 aromatic carbocycles. The first-order valence-corrected chi connectivity index (χ1v) is 12.7. The van der Waals surface area contributed by atoms with Crippen LogP contribution >= 0.6 is 0 Å². The van der Waals surface area contributed by atoms with E-state index in [1.54, 1.807) is 6.20 Å². The molecule has 0 spiro atoms. The maximum atomic E-state index is 15.1. The zero-order valence-corrected chi connectivity index (χ0v) is 20.6. The van der Waals surface area contributed by atoms with E-state index in [2.05, 4.69) is 34.1 Å². The monoisotopic (exact) mass is 483 g/mol. The first-order chi connectivity index (χ1) is 17.1. The molecule has 0 aliphatic heterocycles. The van der Waals surface area contributed by atoms with Gasteiger partial charge >= 0.3 is 0 Å². The van der Waals surface area contributed by atoms with E-state index in [0.29, 0.717) is 18.1 Å². The highest BCUT2D eigenvalue weighted by atomic mass is 19.1. The Balaban J connectivity index is 1.27. The lowest BCUT2D eigenvalue weighted by atomic mass is 9.41. The molecule has 4 atom stereocenters. The van der Waals surface area contributed by atoms with Crippen molar-refractivity contribution in [1.29, 1.82) is 0 Å². The SMILES string of the molecule is C[C@]12C[C@]3(C)C[C@](O)(C1)C[C@](Nc1ncc(F)c(-c4cnc5ccc(-c6ccccc6)cn45)n1)(C2)C3. The first-order valence-electron chi connectivity index (χ1n) is 12.7. The van der Waals surface area contributed by atoms with Crippen LogP contribution in [0.15, 0.2) is 61.1 Å². The maximum Gasteiger partial charge on any atom is 0.223 e. The number of rotatable bonds is 4. The van der Waals surface area contributed by atoms with Crippen molar-refractivity contribution in [3.8, 4) is 22.5 Å². The Bertz CT molecular complexity index is 1440. The average Bonchev–Trinajstić information content (AvgIpc) is 3.21. The minimum atomic E-state index is -0.663. The van der Waals surface area contributed by atoms with Crippen molar-refractivity contribution in [3.05, 3.63) is 66.9 Å². The van der Waals surface area contributed by atoms with Crippen LogP contribution in [0.4, 0.5) is 10.3 Å². The molecule has 7 heteroatoms. The molecule has 0 amide bonds. The topological polar surface area (TPSA) is 75.3 Å². The standard InChI is InChI=1S/C29H30FN5O/c1-26-13-27(2)15-28(14-26,18-29(36,16-26)17-27)34-25-32-10-21(30)24(33-25)22-11-31-23-9-8-20(12-35(22)23)19-6-4-3-5-7-19/h3-12,36H,13-18H2,1-2H3,(H,32,33,34)/t26-,27+,28+,29-. The summed E-state index contributed by atoms with van der Waals surface area (Å²) in [5.41, 5.74) is 2.82. The Hall–Kier alpha value is -3.32. The van der Waals surface area contributed by atoms with E-state index in [4.69, 9.17) is 0 Å². The molecule has 4 aromatic rings. The van der Waals surface area contributed by atoms with Crippen molar-refractivity contribution < 1.29 is 9.50 Å². The number of hydrogen-bond acceptors (Lipinski definition) is 5. The van der Waals surface area contributed by atoms with Crippen LogP contribution < -0.4 is 5.32 Å². The summed E-state index contributed by atoms with van der Waals surface area (Å²) < 4.78 is 17.0. The summed E-state index contributed by atoms with van der Waals surface area (Å²) in [4.78, 5) is 13.5. The third-order valence-electron chi connectivity index (χ3n) is 8.54. The van der Waals surface area contributed by atoms with E-state index >= 15 is 4.39 Å². The number of halogens is 1. The van der Waals surface area contributed by atoms with Gasteiger partial charge in [-0.3, -0.25) is 4.40 Å². The van der Waals surface area contributed by atoms with E-state index in [1.165, 1.54) is 6.20 Å². The molecule has 4 saturated carbocycles. The van der Waals surface area contributed by atoms with Gasteiger partial charge in [-0.1, -0.05) is 44.2 Å². The molecule has 4 fully saturated rings. The van der Waals surface area contributed by atoms with Crippen molar-refractivity contribution in [2.45, 2.75) is 63.5 Å². The van der Waals surface area contributed by atoms with Gasteiger partial charge in [-0.25, -0.2) is 19.3 Å². The second kappa shape index (κ2) is 7.13. The molecule has 2 N–H and O–H groups in total. The number of imidazole rings is 1. The van der Waals surface area contributed by atoms with Gasteiger partial charge < -0.3 is 10.4 Å². The number of aromatic nitrogens is 4. The van der Waals surface area contributed by atoms with Gasteiger partial charge in [0.05, 0.1) is 23.7 Å². The number of anilines is 1. The molecule has 3 aromatic heterocycles. The number of fused-ring (bicyclic) bond motifs is 1. The van der Waals surface area contributed by atoms with Gasteiger partial charge in [-0.15, -0.1) is 0 Å². The van der Waals surface area contributed by atoms with Gasteiger partial charge in [0.1, 0.15) is 11.3 Å². The van der Waals surface area contributed by atoms with Crippen LogP contribution in [-0.4, -0.2) is 35.6 Å². The fourth-order valence-corrected chi connectivity index (χ4v) is 8.57. The summed E-state index contributed by atoms with van der Waals surface area (Å²) in [6.07, 6.45) is 10.3. The van der Waals surface area contributed by atoms with Crippen molar-refractivity contribution in [2.75, 3.05) is 5.32 Å². The van der Waals surface area contributed by atoms with Crippen LogP contribution in [0.5, 0.6) is 0 Å². The summed E-state index contributed by atoms with van der Waals surface area (Å²) in [5, 5.41) is 15.0. The first kappa shape index (κ1) is 21.9. The number of pyridine rings is 1. The normalized spacial score (nSPS) is 32.8. The summed E-state index contributed by atoms with van der Waals surface area (Å²) in [6.45, 7) is 4.59. The molecule has 4 aliphatic rings. The van der Waals surface area contributed by atoms with E-state index in [0.717, 1.165) is 48.9 Å². The van der Waals surface area contributed by atoms with Crippen LogP contribution in [0, 0.1) is 16.6 Å². The van der Waals surface area contributed by atoms with E-state index in [9.17, 15) is 5.11 Å². The number of aliphatic hydroxyl groups is 1. The molecular formula is C29H30FN5O. The fourth-order valence-electron chi connectivity index (χ4n) is 8.57. The molecule has 4 aliphatic carbocycles.